The van der Waals surface area contributed by atoms with Gasteiger partial charge in [-0.2, -0.15) is 0 Å². The fourth-order valence-electron chi connectivity index (χ4n) is 2.24. The number of hydrogen-bond donors (Lipinski definition) is 0. The lowest BCUT2D eigenvalue weighted by Gasteiger charge is -2.22. The van der Waals surface area contributed by atoms with Gasteiger partial charge in [-0.05, 0) is 18.9 Å². The van der Waals surface area contributed by atoms with Crippen molar-refractivity contribution in [2.75, 3.05) is 7.11 Å². The first-order chi connectivity index (χ1) is 9.79. The largest absolute Gasteiger partial charge is 0.496 e. The Labute approximate surface area is 122 Å². The second-order valence-electron chi connectivity index (χ2n) is 4.85. The van der Waals surface area contributed by atoms with Gasteiger partial charge < -0.3 is 9.64 Å². The van der Waals surface area contributed by atoms with Crippen LogP contribution in [0.25, 0.3) is 0 Å². The highest BCUT2D eigenvalue weighted by Gasteiger charge is 2.34. The normalized spacial score (nSPS) is 14.1. The number of benzene rings is 1. The smallest absolute Gasteiger partial charge is 0.273 e. The third-order valence-electron chi connectivity index (χ3n) is 3.43. The summed E-state index contributed by atoms with van der Waals surface area (Å²) in [5.41, 5.74) is 3.27. The summed E-state index contributed by atoms with van der Waals surface area (Å²) < 4.78 is 5.37. The molecule has 0 bridgehead atoms. The number of methoxy groups -OCH3 is 1. The third-order valence-corrected chi connectivity index (χ3v) is 4.02. The summed E-state index contributed by atoms with van der Waals surface area (Å²) >= 11 is 1.45. The monoisotopic (exact) mass is 288 g/mol. The number of ether oxygens (including phenoxy) is 1. The van der Waals surface area contributed by atoms with E-state index < -0.39 is 0 Å². The fraction of sp³-hybridized carbons (Fsp3) is 0.333. The molecule has 3 rings (SSSR count). The number of aromatic nitrogens is 1. The number of hydrogen-bond acceptors (Lipinski definition) is 4. The van der Waals surface area contributed by atoms with Crippen LogP contribution in [0.1, 0.15) is 28.9 Å². The predicted molar refractivity (Wildman–Crippen MR) is 78.0 cm³/mol. The standard InChI is InChI=1S/C15H16N2O2S/c1-19-14-5-3-2-4-11(14)8-17(12-6-7-12)15(18)13-9-20-10-16-13/h2-5,9-10,12H,6-8H2,1H3. The minimum Gasteiger partial charge on any atom is -0.496 e. The lowest BCUT2D eigenvalue weighted by Crippen LogP contribution is -2.32. The number of amides is 1. The second kappa shape index (κ2) is 5.63. The van der Waals surface area contributed by atoms with Crippen LogP contribution in [-0.4, -0.2) is 28.9 Å². The molecule has 1 aliphatic carbocycles. The highest BCUT2D eigenvalue weighted by atomic mass is 32.1. The maximum absolute atomic E-state index is 12.5. The number of rotatable bonds is 5. The molecule has 0 aliphatic heterocycles. The highest BCUT2D eigenvalue weighted by molar-refractivity contribution is 7.07. The van der Waals surface area contributed by atoms with Gasteiger partial charge in [0.1, 0.15) is 11.4 Å². The van der Waals surface area contributed by atoms with Crippen LogP contribution in [0.15, 0.2) is 35.2 Å². The summed E-state index contributed by atoms with van der Waals surface area (Å²) in [6, 6.07) is 8.17. The Morgan fingerprint density at radius 1 is 1.45 bits per heavy atom. The molecule has 0 spiro atoms. The second-order valence-corrected chi connectivity index (χ2v) is 5.57. The molecule has 0 radical (unpaired) electrons. The Kier molecular flexibility index (Phi) is 3.69. The molecular weight excluding hydrogens is 272 g/mol. The Hall–Kier alpha value is -1.88. The Bertz CT molecular complexity index is 594. The minimum absolute atomic E-state index is 0.0136. The van der Waals surface area contributed by atoms with E-state index in [4.69, 9.17) is 4.74 Å². The van der Waals surface area contributed by atoms with Crippen LogP contribution in [0.3, 0.4) is 0 Å². The van der Waals surface area contributed by atoms with Crippen LogP contribution >= 0.6 is 11.3 Å². The molecule has 1 fully saturated rings. The number of nitrogens with zero attached hydrogens (tertiary/aromatic N) is 2. The van der Waals surface area contributed by atoms with Crippen molar-refractivity contribution >= 4 is 17.2 Å². The van der Waals surface area contributed by atoms with Crippen LogP contribution in [0.2, 0.25) is 0 Å². The van der Waals surface area contributed by atoms with Gasteiger partial charge in [0, 0.05) is 23.5 Å². The SMILES string of the molecule is COc1ccccc1CN(C(=O)c1cscn1)C1CC1. The van der Waals surface area contributed by atoms with Crippen LogP contribution in [0, 0.1) is 0 Å². The summed E-state index contributed by atoms with van der Waals surface area (Å²) in [5, 5.41) is 1.81. The third kappa shape index (κ3) is 2.67. The molecule has 1 saturated carbocycles. The Morgan fingerprint density at radius 2 is 2.25 bits per heavy atom. The van der Waals surface area contributed by atoms with Crippen molar-refractivity contribution < 1.29 is 9.53 Å². The lowest BCUT2D eigenvalue weighted by atomic mass is 10.2. The van der Waals surface area contributed by atoms with Crippen LogP contribution in [0.5, 0.6) is 5.75 Å². The first-order valence-corrected chi connectivity index (χ1v) is 7.55. The van der Waals surface area contributed by atoms with E-state index >= 15 is 0 Å². The molecule has 1 aromatic heterocycles. The van der Waals surface area contributed by atoms with Crippen molar-refractivity contribution in [2.45, 2.75) is 25.4 Å². The summed E-state index contributed by atoms with van der Waals surface area (Å²) in [6.45, 7) is 0.574. The Balaban J connectivity index is 1.83. The molecule has 0 atom stereocenters. The number of thiazole rings is 1. The van der Waals surface area contributed by atoms with Crippen LogP contribution < -0.4 is 4.74 Å². The van der Waals surface area contributed by atoms with E-state index in [9.17, 15) is 4.79 Å². The van der Waals surface area contributed by atoms with E-state index in [1.54, 1.807) is 18.0 Å². The van der Waals surface area contributed by atoms with Gasteiger partial charge in [0.25, 0.3) is 5.91 Å². The molecule has 1 heterocycles. The zero-order chi connectivity index (χ0) is 13.9. The van der Waals surface area contributed by atoms with Crippen molar-refractivity contribution in [2.24, 2.45) is 0 Å². The first kappa shape index (κ1) is 13.1. The molecule has 4 nitrogen and oxygen atoms in total. The van der Waals surface area contributed by atoms with Gasteiger partial charge in [-0.15, -0.1) is 11.3 Å². The highest BCUT2D eigenvalue weighted by Crippen LogP contribution is 2.31. The van der Waals surface area contributed by atoms with Crippen LogP contribution in [-0.2, 0) is 6.54 Å². The molecule has 0 saturated heterocycles. The molecule has 0 N–H and O–H groups in total. The van der Waals surface area contributed by atoms with Crippen LogP contribution in [0.4, 0.5) is 0 Å². The molecule has 1 aliphatic rings. The van der Waals surface area contributed by atoms with E-state index in [0.717, 1.165) is 24.2 Å². The first-order valence-electron chi connectivity index (χ1n) is 6.60. The molecule has 1 amide bonds. The maximum atomic E-state index is 12.5. The van der Waals surface area contributed by atoms with Crippen molar-refractivity contribution in [3.63, 3.8) is 0 Å². The van der Waals surface area contributed by atoms with Crippen molar-refractivity contribution in [1.82, 2.24) is 9.88 Å². The molecular formula is C15H16N2O2S. The number of para-hydroxylation sites is 1. The zero-order valence-electron chi connectivity index (χ0n) is 11.3. The van der Waals surface area contributed by atoms with E-state index in [0.29, 0.717) is 18.3 Å². The summed E-state index contributed by atoms with van der Waals surface area (Å²) in [5.74, 6) is 0.837. The van der Waals surface area contributed by atoms with Gasteiger partial charge in [-0.25, -0.2) is 4.98 Å². The van der Waals surface area contributed by atoms with E-state index in [1.165, 1.54) is 11.3 Å². The summed E-state index contributed by atoms with van der Waals surface area (Å²) in [7, 11) is 1.66. The van der Waals surface area contributed by atoms with Crippen molar-refractivity contribution in [1.29, 1.82) is 0 Å². The number of carbonyl (C=O) groups is 1. The average molecular weight is 288 g/mol. The average Bonchev–Trinajstić information content (AvgIpc) is 3.17. The van der Waals surface area contributed by atoms with Gasteiger partial charge in [-0.1, -0.05) is 18.2 Å². The van der Waals surface area contributed by atoms with Crippen molar-refractivity contribution in [3.05, 3.63) is 46.4 Å². The summed E-state index contributed by atoms with van der Waals surface area (Å²) in [4.78, 5) is 18.6. The molecule has 0 unspecified atom stereocenters. The molecule has 1 aromatic carbocycles. The molecule has 20 heavy (non-hydrogen) atoms. The van der Waals surface area contributed by atoms with Gasteiger partial charge in [0.05, 0.1) is 12.6 Å². The molecule has 104 valence electrons. The zero-order valence-corrected chi connectivity index (χ0v) is 12.1. The summed E-state index contributed by atoms with van der Waals surface area (Å²) in [6.07, 6.45) is 2.15. The van der Waals surface area contributed by atoms with Gasteiger partial charge in [0.15, 0.2) is 0 Å². The molecule has 5 heteroatoms. The van der Waals surface area contributed by atoms with E-state index in [1.807, 2.05) is 29.2 Å². The fourth-order valence-corrected chi connectivity index (χ4v) is 2.76. The topological polar surface area (TPSA) is 42.4 Å². The lowest BCUT2D eigenvalue weighted by molar-refractivity contribution is 0.0723. The number of carbonyl (C=O) groups excluding carboxylic acids is 1. The quantitative estimate of drug-likeness (QED) is 0.849. The van der Waals surface area contributed by atoms with E-state index in [-0.39, 0.29) is 5.91 Å². The maximum Gasteiger partial charge on any atom is 0.273 e. The van der Waals surface area contributed by atoms with Crippen molar-refractivity contribution in [3.8, 4) is 5.75 Å². The minimum atomic E-state index is 0.0136. The Morgan fingerprint density at radius 3 is 2.90 bits per heavy atom. The predicted octanol–water partition coefficient (Wildman–Crippen LogP) is 2.96. The van der Waals surface area contributed by atoms with Gasteiger partial charge >= 0.3 is 0 Å². The molecule has 2 aromatic rings. The van der Waals surface area contributed by atoms with E-state index in [2.05, 4.69) is 4.98 Å². The van der Waals surface area contributed by atoms with Gasteiger partial charge in [0.2, 0.25) is 0 Å². The van der Waals surface area contributed by atoms with Gasteiger partial charge in [-0.3, -0.25) is 4.79 Å².